The molecule has 4 rings (SSSR count). The normalized spacial score (nSPS) is 15.0. The summed E-state index contributed by atoms with van der Waals surface area (Å²) in [4.78, 5) is 21.5. The smallest absolute Gasteiger partial charge is 0.241 e. The van der Waals surface area contributed by atoms with Crippen molar-refractivity contribution in [2.24, 2.45) is 5.92 Å². The van der Waals surface area contributed by atoms with E-state index in [-0.39, 0.29) is 11.8 Å². The molecule has 0 bridgehead atoms. The number of hydrogen-bond acceptors (Lipinski definition) is 6. The molecule has 32 heavy (non-hydrogen) atoms. The van der Waals surface area contributed by atoms with Gasteiger partial charge in [0, 0.05) is 29.5 Å². The highest BCUT2D eigenvalue weighted by atomic mass is 79.9. The number of likely N-dealkylation sites (tertiary alicyclic amines) is 1. The Morgan fingerprint density at radius 3 is 2.50 bits per heavy atom. The summed E-state index contributed by atoms with van der Waals surface area (Å²) in [6.07, 6.45) is 1.67. The zero-order chi connectivity index (χ0) is 22.5. The van der Waals surface area contributed by atoms with Gasteiger partial charge in [0.2, 0.25) is 17.6 Å². The summed E-state index contributed by atoms with van der Waals surface area (Å²) in [6.45, 7) is 2.88. The van der Waals surface area contributed by atoms with Crippen molar-refractivity contribution in [2.75, 3.05) is 27.2 Å². The number of rotatable bonds is 7. The molecular formula is C24H27BrN4O3. The Morgan fingerprint density at radius 1 is 1.16 bits per heavy atom. The molecule has 0 saturated carbocycles. The van der Waals surface area contributed by atoms with Gasteiger partial charge in [0.25, 0.3) is 0 Å². The quantitative estimate of drug-likeness (QED) is 0.481. The van der Waals surface area contributed by atoms with Gasteiger partial charge in [0.15, 0.2) is 0 Å². The van der Waals surface area contributed by atoms with Gasteiger partial charge < -0.3 is 14.2 Å². The van der Waals surface area contributed by atoms with E-state index in [9.17, 15) is 4.79 Å². The molecule has 0 unspecified atom stereocenters. The van der Waals surface area contributed by atoms with Crippen LogP contribution in [0.2, 0.25) is 0 Å². The number of carbonyl (C=O) groups is 1. The van der Waals surface area contributed by atoms with Crippen molar-refractivity contribution in [3.63, 3.8) is 0 Å². The molecular weight excluding hydrogens is 472 g/mol. The second-order valence-electron chi connectivity index (χ2n) is 8.11. The van der Waals surface area contributed by atoms with Gasteiger partial charge in [0.05, 0.1) is 13.7 Å². The number of halogens is 1. The molecule has 1 fully saturated rings. The minimum absolute atomic E-state index is 0.0514. The van der Waals surface area contributed by atoms with E-state index in [4.69, 9.17) is 9.26 Å². The molecule has 2 heterocycles. The van der Waals surface area contributed by atoms with Crippen LogP contribution in [0.1, 0.15) is 24.3 Å². The van der Waals surface area contributed by atoms with Crippen LogP contribution < -0.4 is 4.74 Å². The molecule has 168 valence electrons. The van der Waals surface area contributed by atoms with Crippen LogP contribution in [0, 0.1) is 5.92 Å². The minimum Gasteiger partial charge on any atom is -0.497 e. The summed E-state index contributed by atoms with van der Waals surface area (Å²) in [6, 6.07) is 15.7. The lowest BCUT2D eigenvalue weighted by Gasteiger charge is -2.32. The summed E-state index contributed by atoms with van der Waals surface area (Å²) >= 11 is 3.43. The van der Waals surface area contributed by atoms with E-state index in [0.717, 1.165) is 47.3 Å². The average molecular weight is 499 g/mol. The molecule has 1 aliphatic rings. The summed E-state index contributed by atoms with van der Waals surface area (Å²) in [5.74, 6) is 2.27. The predicted octanol–water partition coefficient (Wildman–Crippen LogP) is 4.38. The Morgan fingerprint density at radius 2 is 1.84 bits per heavy atom. The Hall–Kier alpha value is -2.71. The van der Waals surface area contributed by atoms with Crippen molar-refractivity contribution in [1.82, 2.24) is 19.9 Å². The monoisotopic (exact) mass is 498 g/mol. The van der Waals surface area contributed by atoms with Gasteiger partial charge in [-0.25, -0.2) is 0 Å². The number of benzene rings is 2. The fourth-order valence-corrected chi connectivity index (χ4v) is 4.22. The number of carbonyl (C=O) groups excluding carboxylic acids is 1. The van der Waals surface area contributed by atoms with Crippen LogP contribution in [-0.2, 0) is 17.9 Å². The fraction of sp³-hybridized carbons (Fsp3) is 0.375. The summed E-state index contributed by atoms with van der Waals surface area (Å²) < 4.78 is 11.7. The predicted molar refractivity (Wildman–Crippen MR) is 125 cm³/mol. The first-order valence-corrected chi connectivity index (χ1v) is 11.5. The molecule has 0 N–H and O–H groups in total. The van der Waals surface area contributed by atoms with Crippen molar-refractivity contribution in [3.05, 3.63) is 64.5 Å². The van der Waals surface area contributed by atoms with Crippen LogP contribution in [0.5, 0.6) is 5.75 Å². The molecule has 0 aliphatic carbocycles. The van der Waals surface area contributed by atoms with E-state index >= 15 is 0 Å². The van der Waals surface area contributed by atoms with Gasteiger partial charge in [-0.1, -0.05) is 33.2 Å². The lowest BCUT2D eigenvalue weighted by Crippen LogP contribution is -2.40. The van der Waals surface area contributed by atoms with Crippen molar-refractivity contribution >= 4 is 21.8 Å². The standard InChI is InChI=1S/C24H27BrN4O3/c1-28(15-17-3-9-21(31-2)10-4-17)24(30)19-11-13-29(14-12-19)16-22-26-23(27-32-22)18-5-7-20(25)8-6-18/h3-10,19H,11-16H2,1-2H3. The minimum atomic E-state index is 0.0514. The van der Waals surface area contributed by atoms with Crippen LogP contribution in [0.25, 0.3) is 11.4 Å². The maximum absolute atomic E-state index is 12.9. The summed E-state index contributed by atoms with van der Waals surface area (Å²) in [5, 5.41) is 4.10. The SMILES string of the molecule is COc1ccc(CN(C)C(=O)C2CCN(Cc3nc(-c4ccc(Br)cc4)no3)CC2)cc1. The Kier molecular flexibility index (Phi) is 7.22. The molecule has 0 atom stereocenters. The number of nitrogens with zero attached hydrogens (tertiary/aromatic N) is 4. The largest absolute Gasteiger partial charge is 0.497 e. The van der Waals surface area contributed by atoms with Crippen molar-refractivity contribution in [1.29, 1.82) is 0 Å². The van der Waals surface area contributed by atoms with E-state index in [0.29, 0.717) is 24.8 Å². The second-order valence-corrected chi connectivity index (χ2v) is 9.03. The zero-order valence-electron chi connectivity index (χ0n) is 18.3. The zero-order valence-corrected chi connectivity index (χ0v) is 19.9. The first kappa shape index (κ1) is 22.5. The van der Waals surface area contributed by atoms with Gasteiger partial charge in [-0.15, -0.1) is 0 Å². The molecule has 1 aliphatic heterocycles. The number of aromatic nitrogens is 2. The van der Waals surface area contributed by atoms with Gasteiger partial charge >= 0.3 is 0 Å². The molecule has 8 heteroatoms. The third-order valence-corrected chi connectivity index (χ3v) is 6.35. The molecule has 3 aromatic rings. The number of methoxy groups -OCH3 is 1. The van der Waals surface area contributed by atoms with Gasteiger partial charge in [0.1, 0.15) is 5.75 Å². The highest BCUT2D eigenvalue weighted by molar-refractivity contribution is 9.10. The number of piperidine rings is 1. The molecule has 1 saturated heterocycles. The Bertz CT molecular complexity index is 1030. The Balaban J connectivity index is 1.26. The third-order valence-electron chi connectivity index (χ3n) is 5.82. The fourth-order valence-electron chi connectivity index (χ4n) is 3.96. The number of hydrogen-bond donors (Lipinski definition) is 0. The second kappa shape index (κ2) is 10.3. The van der Waals surface area contributed by atoms with Gasteiger partial charge in [-0.3, -0.25) is 9.69 Å². The molecule has 0 spiro atoms. The highest BCUT2D eigenvalue weighted by Crippen LogP contribution is 2.23. The maximum atomic E-state index is 12.9. The third kappa shape index (κ3) is 5.55. The van der Waals surface area contributed by atoms with Gasteiger partial charge in [-0.2, -0.15) is 4.98 Å². The van der Waals surface area contributed by atoms with Crippen LogP contribution in [0.15, 0.2) is 57.5 Å². The average Bonchev–Trinajstić information content (AvgIpc) is 3.28. The topological polar surface area (TPSA) is 71.7 Å². The lowest BCUT2D eigenvalue weighted by molar-refractivity contribution is -0.136. The first-order chi connectivity index (χ1) is 15.5. The lowest BCUT2D eigenvalue weighted by atomic mass is 9.95. The van der Waals surface area contributed by atoms with Crippen LogP contribution >= 0.6 is 15.9 Å². The van der Waals surface area contributed by atoms with E-state index < -0.39 is 0 Å². The van der Waals surface area contributed by atoms with Crippen molar-refractivity contribution in [2.45, 2.75) is 25.9 Å². The van der Waals surface area contributed by atoms with Crippen molar-refractivity contribution < 1.29 is 14.1 Å². The molecule has 1 amide bonds. The van der Waals surface area contributed by atoms with E-state index in [1.54, 1.807) is 7.11 Å². The number of ether oxygens (including phenoxy) is 1. The van der Waals surface area contributed by atoms with E-state index in [1.807, 2.05) is 60.5 Å². The molecule has 2 aromatic carbocycles. The van der Waals surface area contributed by atoms with Crippen LogP contribution in [-0.4, -0.2) is 53.1 Å². The van der Waals surface area contributed by atoms with Crippen LogP contribution in [0.3, 0.4) is 0 Å². The van der Waals surface area contributed by atoms with E-state index in [2.05, 4.69) is 31.0 Å². The highest BCUT2D eigenvalue weighted by Gasteiger charge is 2.28. The van der Waals surface area contributed by atoms with Crippen molar-refractivity contribution in [3.8, 4) is 17.1 Å². The number of amides is 1. The van der Waals surface area contributed by atoms with Gasteiger partial charge in [-0.05, 0) is 67.9 Å². The molecule has 1 aromatic heterocycles. The maximum Gasteiger partial charge on any atom is 0.241 e. The molecule has 7 nitrogen and oxygen atoms in total. The molecule has 0 radical (unpaired) electrons. The first-order valence-electron chi connectivity index (χ1n) is 10.7. The van der Waals surface area contributed by atoms with Crippen LogP contribution in [0.4, 0.5) is 0 Å². The summed E-state index contributed by atoms with van der Waals surface area (Å²) in [7, 11) is 3.53. The van der Waals surface area contributed by atoms with E-state index in [1.165, 1.54) is 0 Å². The summed E-state index contributed by atoms with van der Waals surface area (Å²) in [5.41, 5.74) is 2.02. The Labute approximate surface area is 196 Å².